The topological polar surface area (TPSA) is 77.0 Å². The van der Waals surface area contributed by atoms with Crippen LogP contribution in [0.3, 0.4) is 0 Å². The van der Waals surface area contributed by atoms with Crippen molar-refractivity contribution in [2.24, 2.45) is 0 Å². The van der Waals surface area contributed by atoms with Crippen LogP contribution in [0.4, 0.5) is 0 Å². The Balaban J connectivity index is 1.65. The maximum atomic E-state index is 5.28. The lowest BCUT2D eigenvalue weighted by atomic mass is 10.0. The minimum Gasteiger partial charge on any atom is -0.361 e. The molecule has 1 aliphatic rings. The summed E-state index contributed by atoms with van der Waals surface area (Å²) >= 11 is 0. The summed E-state index contributed by atoms with van der Waals surface area (Å²) in [5, 5.41) is 11.5. The van der Waals surface area contributed by atoms with E-state index in [-0.39, 0.29) is 6.04 Å². The highest BCUT2D eigenvalue weighted by atomic mass is 16.5. The van der Waals surface area contributed by atoms with Crippen LogP contribution in [0.5, 0.6) is 0 Å². The quantitative estimate of drug-likeness (QED) is 0.874. The lowest BCUT2D eigenvalue weighted by Gasteiger charge is -2.15. The smallest absolute Gasteiger partial charge is 0.240 e. The van der Waals surface area contributed by atoms with Gasteiger partial charge in [-0.1, -0.05) is 17.2 Å². The molecule has 1 fully saturated rings. The van der Waals surface area contributed by atoms with Gasteiger partial charge in [0, 0.05) is 17.5 Å². The lowest BCUT2D eigenvalue weighted by Crippen LogP contribution is -2.21. The molecule has 6 heteroatoms. The number of aromatic nitrogens is 3. The Labute approximate surface area is 117 Å². The molecule has 0 aliphatic heterocycles. The molecule has 0 saturated heterocycles. The van der Waals surface area contributed by atoms with Crippen LogP contribution in [0.25, 0.3) is 0 Å². The average Bonchev–Trinajstić information content (AvgIpc) is 3.11. The van der Waals surface area contributed by atoms with Crippen LogP contribution in [0.2, 0.25) is 0 Å². The minimum atomic E-state index is 0.192. The Morgan fingerprint density at radius 3 is 2.65 bits per heavy atom. The molecule has 1 atom stereocenters. The third-order valence-electron chi connectivity index (χ3n) is 3.77. The van der Waals surface area contributed by atoms with Crippen molar-refractivity contribution in [3.63, 3.8) is 0 Å². The molecule has 0 spiro atoms. The van der Waals surface area contributed by atoms with Crippen molar-refractivity contribution in [2.45, 2.75) is 58.5 Å². The van der Waals surface area contributed by atoms with Gasteiger partial charge >= 0.3 is 0 Å². The van der Waals surface area contributed by atoms with Crippen LogP contribution >= 0.6 is 0 Å². The Morgan fingerprint density at radius 2 is 2.05 bits per heavy atom. The van der Waals surface area contributed by atoms with Gasteiger partial charge < -0.3 is 14.4 Å². The molecule has 1 aliphatic carbocycles. The predicted octanol–water partition coefficient (Wildman–Crippen LogP) is 2.79. The summed E-state index contributed by atoms with van der Waals surface area (Å²) in [5.41, 5.74) is 2.07. The summed E-state index contributed by atoms with van der Waals surface area (Å²) in [6, 6.07) is 0.192. The fourth-order valence-corrected chi connectivity index (χ4v) is 2.50. The molecule has 6 nitrogen and oxygen atoms in total. The van der Waals surface area contributed by atoms with Crippen LogP contribution in [-0.2, 0) is 6.54 Å². The van der Waals surface area contributed by atoms with Crippen molar-refractivity contribution < 1.29 is 9.05 Å². The highest BCUT2D eigenvalue weighted by Crippen LogP contribution is 2.38. The molecular weight excluding hydrogens is 256 g/mol. The van der Waals surface area contributed by atoms with Crippen molar-refractivity contribution in [3.05, 3.63) is 28.7 Å². The Bertz CT molecular complexity index is 566. The van der Waals surface area contributed by atoms with Crippen molar-refractivity contribution in [1.29, 1.82) is 0 Å². The number of rotatable bonds is 6. The summed E-state index contributed by atoms with van der Waals surface area (Å²) < 4.78 is 10.5. The molecule has 1 unspecified atom stereocenters. The van der Waals surface area contributed by atoms with Gasteiger partial charge in [0.05, 0.1) is 12.2 Å². The molecule has 2 aromatic heterocycles. The van der Waals surface area contributed by atoms with E-state index in [0.29, 0.717) is 18.4 Å². The Kier molecular flexibility index (Phi) is 3.56. The van der Waals surface area contributed by atoms with Gasteiger partial charge in [0.25, 0.3) is 0 Å². The van der Waals surface area contributed by atoms with Crippen molar-refractivity contribution >= 4 is 0 Å². The molecular formula is C14H20N4O2. The van der Waals surface area contributed by atoms with E-state index in [1.54, 1.807) is 0 Å². The Morgan fingerprint density at radius 1 is 1.25 bits per heavy atom. The zero-order valence-corrected chi connectivity index (χ0v) is 12.1. The second kappa shape index (κ2) is 5.36. The van der Waals surface area contributed by atoms with Gasteiger partial charge in [-0.15, -0.1) is 0 Å². The van der Waals surface area contributed by atoms with Crippen LogP contribution < -0.4 is 5.32 Å². The molecule has 3 rings (SSSR count). The molecule has 1 N–H and O–H groups in total. The van der Waals surface area contributed by atoms with E-state index in [1.807, 2.05) is 13.8 Å². The van der Waals surface area contributed by atoms with Crippen LogP contribution in [-0.4, -0.2) is 15.3 Å². The van der Waals surface area contributed by atoms with Gasteiger partial charge in [0.2, 0.25) is 5.89 Å². The van der Waals surface area contributed by atoms with E-state index in [2.05, 4.69) is 27.5 Å². The van der Waals surface area contributed by atoms with E-state index in [4.69, 9.17) is 9.05 Å². The molecule has 0 aromatic carbocycles. The highest BCUT2D eigenvalue weighted by Gasteiger charge is 2.29. The van der Waals surface area contributed by atoms with Crippen LogP contribution in [0.15, 0.2) is 9.05 Å². The van der Waals surface area contributed by atoms with Gasteiger partial charge in [-0.25, -0.2) is 0 Å². The first-order valence-electron chi connectivity index (χ1n) is 7.17. The second-order valence-electron chi connectivity index (χ2n) is 5.40. The second-order valence-corrected chi connectivity index (χ2v) is 5.40. The zero-order chi connectivity index (χ0) is 14.1. The van der Waals surface area contributed by atoms with Gasteiger partial charge in [0.1, 0.15) is 5.76 Å². The lowest BCUT2D eigenvalue weighted by molar-refractivity contribution is 0.350. The number of hydrogen-bond donors (Lipinski definition) is 1. The first kappa shape index (κ1) is 13.3. The third-order valence-corrected chi connectivity index (χ3v) is 3.77. The highest BCUT2D eigenvalue weighted by molar-refractivity contribution is 5.24. The molecule has 0 radical (unpaired) electrons. The molecule has 108 valence electrons. The SMILES string of the molecule is CCC(NCc1nc(C2CC2)no1)c1c(C)noc1C. The summed E-state index contributed by atoms with van der Waals surface area (Å²) in [4.78, 5) is 4.43. The van der Waals surface area contributed by atoms with Crippen molar-refractivity contribution in [2.75, 3.05) is 0 Å². The number of nitrogens with one attached hydrogen (secondary N) is 1. The maximum absolute atomic E-state index is 5.28. The largest absolute Gasteiger partial charge is 0.361 e. The van der Waals surface area contributed by atoms with E-state index < -0.39 is 0 Å². The van der Waals surface area contributed by atoms with Gasteiger partial charge in [-0.3, -0.25) is 0 Å². The molecule has 1 saturated carbocycles. The molecule has 2 heterocycles. The first-order valence-corrected chi connectivity index (χ1v) is 7.17. The fraction of sp³-hybridized carbons (Fsp3) is 0.643. The van der Waals surface area contributed by atoms with Gasteiger partial charge in [0.15, 0.2) is 5.82 Å². The third kappa shape index (κ3) is 2.60. The van der Waals surface area contributed by atoms with Crippen molar-refractivity contribution in [3.8, 4) is 0 Å². The maximum Gasteiger partial charge on any atom is 0.240 e. The summed E-state index contributed by atoms with van der Waals surface area (Å²) in [5.74, 6) is 2.90. The van der Waals surface area contributed by atoms with Gasteiger partial charge in [-0.05, 0) is 33.1 Å². The predicted molar refractivity (Wildman–Crippen MR) is 72.1 cm³/mol. The molecule has 2 aromatic rings. The van der Waals surface area contributed by atoms with Crippen LogP contribution in [0, 0.1) is 13.8 Å². The zero-order valence-electron chi connectivity index (χ0n) is 12.1. The van der Waals surface area contributed by atoms with E-state index in [9.17, 15) is 0 Å². The minimum absolute atomic E-state index is 0.192. The van der Waals surface area contributed by atoms with E-state index >= 15 is 0 Å². The monoisotopic (exact) mass is 276 g/mol. The average molecular weight is 276 g/mol. The first-order chi connectivity index (χ1) is 9.69. The van der Waals surface area contributed by atoms with E-state index in [0.717, 1.165) is 29.3 Å². The summed E-state index contributed by atoms with van der Waals surface area (Å²) in [6.45, 7) is 6.61. The standard InChI is InChI=1S/C14H20N4O2/c1-4-11(13-8(2)17-19-9(13)3)15-7-12-16-14(18-20-12)10-5-6-10/h10-11,15H,4-7H2,1-3H3. The fourth-order valence-electron chi connectivity index (χ4n) is 2.50. The Hall–Kier alpha value is -1.69. The van der Waals surface area contributed by atoms with Gasteiger partial charge in [-0.2, -0.15) is 4.98 Å². The molecule has 20 heavy (non-hydrogen) atoms. The number of aryl methyl sites for hydroxylation is 2. The van der Waals surface area contributed by atoms with Crippen molar-refractivity contribution in [1.82, 2.24) is 20.6 Å². The van der Waals surface area contributed by atoms with Crippen LogP contribution in [0.1, 0.15) is 66.9 Å². The molecule has 0 amide bonds. The number of nitrogens with zero attached hydrogens (tertiary/aromatic N) is 3. The molecule has 0 bridgehead atoms. The summed E-state index contributed by atoms with van der Waals surface area (Å²) in [7, 11) is 0. The normalized spacial score (nSPS) is 16.6. The number of hydrogen-bond acceptors (Lipinski definition) is 6. The summed E-state index contributed by atoms with van der Waals surface area (Å²) in [6.07, 6.45) is 3.32. The van der Waals surface area contributed by atoms with E-state index in [1.165, 1.54) is 12.8 Å².